The van der Waals surface area contributed by atoms with Gasteiger partial charge in [-0.25, -0.2) is 4.98 Å². The number of rotatable bonds is 7. The minimum atomic E-state index is -0.385. The second-order valence-corrected chi connectivity index (χ2v) is 5.32. The lowest BCUT2D eigenvalue weighted by Gasteiger charge is -2.10. The van der Waals surface area contributed by atoms with E-state index in [1.807, 2.05) is 11.6 Å². The van der Waals surface area contributed by atoms with Crippen LogP contribution >= 0.6 is 23.1 Å². The zero-order chi connectivity index (χ0) is 11.8. The average Bonchev–Trinajstić information content (AvgIpc) is 2.78. The Kier molecular flexibility index (Phi) is 6.44. The van der Waals surface area contributed by atoms with Crippen molar-refractivity contribution in [3.63, 3.8) is 0 Å². The number of carbonyl (C=O) groups excluding carboxylic acids is 1. The van der Waals surface area contributed by atoms with Crippen LogP contribution in [-0.4, -0.2) is 35.5 Å². The van der Waals surface area contributed by atoms with Crippen molar-refractivity contribution in [1.82, 2.24) is 10.3 Å². The molecule has 1 atom stereocenters. The Morgan fingerprint density at radius 1 is 1.75 bits per heavy atom. The molecule has 90 valence electrons. The summed E-state index contributed by atoms with van der Waals surface area (Å²) >= 11 is 3.30. The number of thiazole rings is 1. The van der Waals surface area contributed by atoms with Crippen molar-refractivity contribution in [2.24, 2.45) is 5.73 Å². The Morgan fingerprint density at radius 2 is 2.56 bits per heavy atom. The fraction of sp³-hybridized carbons (Fsp3) is 0.600. The summed E-state index contributed by atoms with van der Waals surface area (Å²) in [4.78, 5) is 15.7. The van der Waals surface area contributed by atoms with Crippen molar-refractivity contribution >= 4 is 29.0 Å². The number of nitrogens with one attached hydrogen (secondary N) is 1. The molecule has 0 fully saturated rings. The van der Waals surface area contributed by atoms with Gasteiger partial charge >= 0.3 is 0 Å². The second kappa shape index (κ2) is 7.65. The number of hydrogen-bond donors (Lipinski definition) is 2. The standard InChI is InChI=1S/C10H17N3OS2/c1-15-6-3-8(11)10(14)13-4-2-9-12-5-7-16-9/h5,7-8H,2-4,6,11H2,1H3,(H,13,14)/t8-/m1/s1. The van der Waals surface area contributed by atoms with E-state index in [-0.39, 0.29) is 11.9 Å². The third kappa shape index (κ3) is 4.96. The van der Waals surface area contributed by atoms with E-state index < -0.39 is 0 Å². The maximum absolute atomic E-state index is 11.5. The number of nitrogens with two attached hydrogens (primary N) is 1. The van der Waals surface area contributed by atoms with E-state index in [0.29, 0.717) is 6.54 Å². The van der Waals surface area contributed by atoms with Crippen molar-refractivity contribution in [2.75, 3.05) is 18.6 Å². The van der Waals surface area contributed by atoms with Crippen molar-refractivity contribution in [2.45, 2.75) is 18.9 Å². The zero-order valence-electron chi connectivity index (χ0n) is 9.31. The molecule has 1 amide bonds. The van der Waals surface area contributed by atoms with Gasteiger partial charge in [0.2, 0.25) is 5.91 Å². The molecule has 0 aliphatic rings. The quantitative estimate of drug-likeness (QED) is 0.763. The van der Waals surface area contributed by atoms with Crippen LogP contribution in [0.3, 0.4) is 0 Å². The van der Waals surface area contributed by atoms with Gasteiger partial charge in [-0.15, -0.1) is 11.3 Å². The molecule has 0 radical (unpaired) electrons. The largest absolute Gasteiger partial charge is 0.354 e. The highest BCUT2D eigenvalue weighted by molar-refractivity contribution is 7.98. The second-order valence-electron chi connectivity index (χ2n) is 3.35. The Hall–Kier alpha value is -0.590. The maximum atomic E-state index is 11.5. The van der Waals surface area contributed by atoms with E-state index >= 15 is 0 Å². The van der Waals surface area contributed by atoms with Crippen LogP contribution in [-0.2, 0) is 11.2 Å². The van der Waals surface area contributed by atoms with Gasteiger partial charge in [-0.3, -0.25) is 4.79 Å². The fourth-order valence-electron chi connectivity index (χ4n) is 1.18. The van der Waals surface area contributed by atoms with Crippen LogP contribution in [0.25, 0.3) is 0 Å². The molecular formula is C10H17N3OS2. The highest BCUT2D eigenvalue weighted by Gasteiger charge is 2.11. The molecule has 3 N–H and O–H groups in total. The van der Waals surface area contributed by atoms with Gasteiger partial charge in [-0.1, -0.05) is 0 Å². The molecule has 1 rings (SSSR count). The van der Waals surface area contributed by atoms with Gasteiger partial charge in [0, 0.05) is 24.5 Å². The summed E-state index contributed by atoms with van der Waals surface area (Å²) in [6.07, 6.45) is 5.28. The number of aromatic nitrogens is 1. The monoisotopic (exact) mass is 259 g/mol. The van der Waals surface area contributed by atoms with Crippen LogP contribution in [0.1, 0.15) is 11.4 Å². The first kappa shape index (κ1) is 13.5. The van der Waals surface area contributed by atoms with Crippen LogP contribution in [0.5, 0.6) is 0 Å². The third-order valence-electron chi connectivity index (χ3n) is 2.09. The first-order chi connectivity index (χ1) is 7.74. The summed E-state index contributed by atoms with van der Waals surface area (Å²) in [7, 11) is 0. The Morgan fingerprint density at radius 3 is 3.19 bits per heavy atom. The molecule has 0 aliphatic heterocycles. The lowest BCUT2D eigenvalue weighted by molar-refractivity contribution is -0.122. The molecular weight excluding hydrogens is 242 g/mol. The van der Waals surface area contributed by atoms with Gasteiger partial charge < -0.3 is 11.1 Å². The molecule has 1 aromatic heterocycles. The highest BCUT2D eigenvalue weighted by atomic mass is 32.2. The first-order valence-corrected chi connectivity index (χ1v) is 7.42. The van der Waals surface area contributed by atoms with Gasteiger partial charge in [0.25, 0.3) is 0 Å². The van der Waals surface area contributed by atoms with Gasteiger partial charge in [0.1, 0.15) is 0 Å². The van der Waals surface area contributed by atoms with Gasteiger partial charge in [0.05, 0.1) is 11.0 Å². The minimum absolute atomic E-state index is 0.0643. The van der Waals surface area contributed by atoms with Crippen molar-refractivity contribution in [3.05, 3.63) is 16.6 Å². The van der Waals surface area contributed by atoms with Crippen molar-refractivity contribution in [3.8, 4) is 0 Å². The Bertz CT molecular complexity index is 303. The molecule has 0 saturated heterocycles. The van der Waals surface area contributed by atoms with Crippen LogP contribution in [0.15, 0.2) is 11.6 Å². The highest BCUT2D eigenvalue weighted by Crippen LogP contribution is 2.03. The Balaban J connectivity index is 2.14. The summed E-state index contributed by atoms with van der Waals surface area (Å²) in [5.74, 6) is 0.853. The van der Waals surface area contributed by atoms with E-state index in [0.717, 1.165) is 23.6 Å². The summed E-state index contributed by atoms with van der Waals surface area (Å²) in [6.45, 7) is 0.610. The number of hydrogen-bond acceptors (Lipinski definition) is 5. The normalized spacial score (nSPS) is 12.4. The van der Waals surface area contributed by atoms with Crippen LogP contribution in [0.4, 0.5) is 0 Å². The molecule has 1 aromatic rings. The molecule has 6 heteroatoms. The van der Waals surface area contributed by atoms with Crippen LogP contribution < -0.4 is 11.1 Å². The molecule has 0 spiro atoms. The lowest BCUT2D eigenvalue weighted by atomic mass is 10.2. The van der Waals surface area contributed by atoms with Gasteiger partial charge in [-0.2, -0.15) is 11.8 Å². The molecule has 4 nitrogen and oxygen atoms in total. The molecule has 16 heavy (non-hydrogen) atoms. The Labute approximate surface area is 104 Å². The number of nitrogens with zero attached hydrogens (tertiary/aromatic N) is 1. The molecule has 0 aliphatic carbocycles. The predicted molar refractivity (Wildman–Crippen MR) is 69.8 cm³/mol. The van der Waals surface area contributed by atoms with E-state index in [4.69, 9.17) is 5.73 Å². The maximum Gasteiger partial charge on any atom is 0.236 e. The molecule has 1 heterocycles. The average molecular weight is 259 g/mol. The topological polar surface area (TPSA) is 68.0 Å². The van der Waals surface area contributed by atoms with Crippen molar-refractivity contribution < 1.29 is 4.79 Å². The summed E-state index contributed by atoms with van der Waals surface area (Å²) < 4.78 is 0. The minimum Gasteiger partial charge on any atom is -0.354 e. The summed E-state index contributed by atoms with van der Waals surface area (Å²) in [6, 6.07) is -0.385. The van der Waals surface area contributed by atoms with Crippen LogP contribution in [0, 0.1) is 0 Å². The molecule has 0 aromatic carbocycles. The zero-order valence-corrected chi connectivity index (χ0v) is 10.9. The predicted octanol–water partition coefficient (Wildman–Crippen LogP) is 0.882. The fourth-order valence-corrected chi connectivity index (χ4v) is 2.29. The molecule has 0 unspecified atom stereocenters. The molecule has 0 bridgehead atoms. The number of thioether (sulfide) groups is 1. The summed E-state index contributed by atoms with van der Waals surface area (Å²) in [5, 5.41) is 5.79. The third-order valence-corrected chi connectivity index (χ3v) is 3.57. The van der Waals surface area contributed by atoms with E-state index in [1.54, 1.807) is 29.3 Å². The number of carbonyl (C=O) groups is 1. The first-order valence-electron chi connectivity index (χ1n) is 5.14. The van der Waals surface area contributed by atoms with Crippen molar-refractivity contribution in [1.29, 1.82) is 0 Å². The van der Waals surface area contributed by atoms with E-state index in [9.17, 15) is 4.79 Å². The summed E-state index contributed by atoms with van der Waals surface area (Å²) in [5.41, 5.74) is 5.72. The van der Waals surface area contributed by atoms with Gasteiger partial charge in [0.15, 0.2) is 0 Å². The smallest absolute Gasteiger partial charge is 0.236 e. The van der Waals surface area contributed by atoms with E-state index in [2.05, 4.69) is 10.3 Å². The van der Waals surface area contributed by atoms with Crippen LogP contribution in [0.2, 0.25) is 0 Å². The number of amides is 1. The SMILES string of the molecule is CSCC[C@@H](N)C(=O)NCCc1nccs1. The molecule has 0 saturated carbocycles. The van der Waals surface area contributed by atoms with Gasteiger partial charge in [-0.05, 0) is 18.4 Å². The van der Waals surface area contributed by atoms with E-state index in [1.165, 1.54) is 0 Å². The lowest BCUT2D eigenvalue weighted by Crippen LogP contribution is -2.41.